The van der Waals surface area contributed by atoms with Crippen molar-refractivity contribution in [3.8, 4) is 0 Å². The van der Waals surface area contributed by atoms with Gasteiger partial charge < -0.3 is 10.0 Å². The number of aromatic carboxylic acids is 1. The molecule has 0 spiro atoms. The molecule has 16 heavy (non-hydrogen) atoms. The Kier molecular flexibility index (Phi) is 3.91. The van der Waals surface area contributed by atoms with E-state index in [-0.39, 0.29) is 10.3 Å². The summed E-state index contributed by atoms with van der Waals surface area (Å²) in [5, 5.41) is 9.56. The average molecular weight is 242 g/mol. The summed E-state index contributed by atoms with van der Waals surface area (Å²) in [6.07, 6.45) is 2.46. The Labute approximate surface area is 99.9 Å². The quantitative estimate of drug-likeness (QED) is 0.882. The van der Waals surface area contributed by atoms with Gasteiger partial charge in [-0.05, 0) is 11.8 Å². The van der Waals surface area contributed by atoms with Gasteiger partial charge in [-0.3, -0.25) is 0 Å². The predicted octanol–water partition coefficient (Wildman–Crippen LogP) is 2.71. The molecule has 0 radical (unpaired) electrons. The molecule has 0 aliphatic heterocycles. The van der Waals surface area contributed by atoms with E-state index in [0.29, 0.717) is 0 Å². The van der Waals surface area contributed by atoms with E-state index in [1.54, 1.807) is 0 Å². The first-order valence-electron chi connectivity index (χ1n) is 5.20. The molecule has 0 amide bonds. The number of rotatable bonds is 4. The number of carboxylic acids is 1. The second kappa shape index (κ2) is 4.82. The van der Waals surface area contributed by atoms with E-state index >= 15 is 0 Å². The molecule has 4 nitrogen and oxygen atoms in total. The molecule has 0 bridgehead atoms. The minimum Gasteiger partial charge on any atom is -0.477 e. The molecule has 0 atom stereocenters. The molecule has 0 aliphatic carbocycles. The van der Waals surface area contributed by atoms with Crippen molar-refractivity contribution in [3.05, 3.63) is 11.1 Å². The smallest absolute Gasteiger partial charge is 0.347 e. The summed E-state index contributed by atoms with van der Waals surface area (Å²) in [5.74, 6) is -0.909. The Hall–Kier alpha value is -1.10. The number of carboxylic acid groups (broad SMARTS) is 1. The maximum atomic E-state index is 10.7. The largest absolute Gasteiger partial charge is 0.477 e. The van der Waals surface area contributed by atoms with Crippen LogP contribution in [0.4, 0.5) is 5.13 Å². The van der Waals surface area contributed by atoms with E-state index < -0.39 is 5.97 Å². The second-order valence-electron chi connectivity index (χ2n) is 5.04. The number of anilines is 1. The number of nitrogens with zero attached hydrogens (tertiary/aromatic N) is 2. The molecule has 0 unspecified atom stereocenters. The molecule has 0 saturated heterocycles. The number of carbonyl (C=O) groups is 1. The zero-order valence-corrected chi connectivity index (χ0v) is 11.0. The van der Waals surface area contributed by atoms with Crippen LogP contribution in [-0.4, -0.2) is 29.7 Å². The molecular formula is C11H18N2O2S. The maximum Gasteiger partial charge on any atom is 0.347 e. The van der Waals surface area contributed by atoms with Gasteiger partial charge in [0.15, 0.2) is 5.13 Å². The van der Waals surface area contributed by atoms with Crippen LogP contribution in [0.25, 0.3) is 0 Å². The van der Waals surface area contributed by atoms with Crippen molar-refractivity contribution in [2.75, 3.05) is 18.5 Å². The van der Waals surface area contributed by atoms with Crippen molar-refractivity contribution in [2.45, 2.75) is 27.2 Å². The number of hydrogen-bond acceptors (Lipinski definition) is 4. The minimum absolute atomic E-state index is 0.279. The van der Waals surface area contributed by atoms with Gasteiger partial charge in [0.05, 0.1) is 6.20 Å². The van der Waals surface area contributed by atoms with Gasteiger partial charge in [0.1, 0.15) is 4.88 Å². The molecule has 0 aromatic carbocycles. The lowest BCUT2D eigenvalue weighted by Crippen LogP contribution is -2.22. The van der Waals surface area contributed by atoms with Crippen LogP contribution in [0.2, 0.25) is 0 Å². The molecule has 1 N–H and O–H groups in total. The Balaban J connectivity index is 2.59. The topological polar surface area (TPSA) is 53.4 Å². The normalized spacial score (nSPS) is 11.5. The van der Waals surface area contributed by atoms with Crippen LogP contribution in [0.5, 0.6) is 0 Å². The number of thiazole rings is 1. The van der Waals surface area contributed by atoms with E-state index in [0.717, 1.165) is 18.1 Å². The van der Waals surface area contributed by atoms with Crippen LogP contribution in [0.1, 0.15) is 36.9 Å². The van der Waals surface area contributed by atoms with Gasteiger partial charge in [-0.1, -0.05) is 32.1 Å². The lowest BCUT2D eigenvalue weighted by Gasteiger charge is -2.23. The predicted molar refractivity (Wildman–Crippen MR) is 66.4 cm³/mol. The van der Waals surface area contributed by atoms with Gasteiger partial charge in [-0.2, -0.15) is 0 Å². The van der Waals surface area contributed by atoms with Crippen molar-refractivity contribution in [1.29, 1.82) is 0 Å². The fourth-order valence-electron chi connectivity index (χ4n) is 1.14. The Bertz CT molecular complexity index is 368. The molecule has 0 saturated carbocycles. The molecule has 5 heteroatoms. The van der Waals surface area contributed by atoms with Crippen LogP contribution in [0, 0.1) is 5.41 Å². The van der Waals surface area contributed by atoms with Gasteiger partial charge in [-0.15, -0.1) is 0 Å². The van der Waals surface area contributed by atoms with Crippen molar-refractivity contribution < 1.29 is 9.90 Å². The zero-order valence-electron chi connectivity index (χ0n) is 10.1. The third kappa shape index (κ3) is 3.81. The zero-order chi connectivity index (χ0) is 12.3. The highest BCUT2D eigenvalue weighted by Gasteiger charge is 2.15. The van der Waals surface area contributed by atoms with E-state index in [9.17, 15) is 4.79 Å². The highest BCUT2D eigenvalue weighted by Crippen LogP contribution is 2.24. The van der Waals surface area contributed by atoms with Crippen LogP contribution in [-0.2, 0) is 0 Å². The van der Waals surface area contributed by atoms with Gasteiger partial charge in [-0.25, -0.2) is 9.78 Å². The average Bonchev–Trinajstić information content (AvgIpc) is 2.61. The summed E-state index contributed by atoms with van der Waals surface area (Å²) in [4.78, 5) is 17.1. The Morgan fingerprint density at radius 1 is 1.56 bits per heavy atom. The van der Waals surface area contributed by atoms with Gasteiger partial charge in [0.2, 0.25) is 0 Å². The van der Waals surface area contributed by atoms with Crippen molar-refractivity contribution in [3.63, 3.8) is 0 Å². The lowest BCUT2D eigenvalue weighted by atomic mass is 9.92. The molecular weight excluding hydrogens is 224 g/mol. The highest BCUT2D eigenvalue weighted by atomic mass is 32.1. The second-order valence-corrected chi connectivity index (χ2v) is 6.05. The first kappa shape index (κ1) is 13.0. The van der Waals surface area contributed by atoms with Crippen molar-refractivity contribution >= 4 is 22.4 Å². The maximum absolute atomic E-state index is 10.7. The first-order valence-corrected chi connectivity index (χ1v) is 6.01. The van der Waals surface area contributed by atoms with Crippen LogP contribution in [0.3, 0.4) is 0 Å². The van der Waals surface area contributed by atoms with Crippen molar-refractivity contribution in [2.24, 2.45) is 5.41 Å². The van der Waals surface area contributed by atoms with Crippen LogP contribution in [0.15, 0.2) is 6.20 Å². The molecule has 1 heterocycles. The summed E-state index contributed by atoms with van der Waals surface area (Å²) in [7, 11) is 1.94. The fraction of sp³-hybridized carbons (Fsp3) is 0.636. The van der Waals surface area contributed by atoms with Crippen molar-refractivity contribution in [1.82, 2.24) is 4.98 Å². The molecule has 1 aromatic heterocycles. The molecule has 1 rings (SSSR count). The summed E-state index contributed by atoms with van der Waals surface area (Å²) < 4.78 is 0. The Morgan fingerprint density at radius 2 is 2.19 bits per heavy atom. The van der Waals surface area contributed by atoms with E-state index in [1.807, 2.05) is 11.9 Å². The first-order chi connectivity index (χ1) is 7.29. The van der Waals surface area contributed by atoms with E-state index in [1.165, 1.54) is 17.5 Å². The van der Waals surface area contributed by atoms with Gasteiger partial charge in [0, 0.05) is 13.6 Å². The highest BCUT2D eigenvalue weighted by molar-refractivity contribution is 7.17. The summed E-state index contributed by atoms with van der Waals surface area (Å²) >= 11 is 1.21. The summed E-state index contributed by atoms with van der Waals surface area (Å²) in [5.41, 5.74) is 0.279. The molecule has 90 valence electrons. The monoisotopic (exact) mass is 242 g/mol. The van der Waals surface area contributed by atoms with Gasteiger partial charge in [0.25, 0.3) is 0 Å². The van der Waals surface area contributed by atoms with Crippen LogP contribution < -0.4 is 4.90 Å². The standard InChI is InChI=1S/C11H18N2O2S/c1-11(2,3)5-6-13(4)10-12-7-8(16-10)9(14)15/h7H,5-6H2,1-4H3,(H,14,15). The van der Waals surface area contributed by atoms with Crippen LogP contribution >= 0.6 is 11.3 Å². The fourth-order valence-corrected chi connectivity index (χ4v) is 1.88. The third-order valence-electron chi connectivity index (χ3n) is 2.23. The number of aromatic nitrogens is 1. The lowest BCUT2D eigenvalue weighted by molar-refractivity contribution is 0.0702. The SMILES string of the molecule is CN(CCC(C)(C)C)c1ncc(C(=O)O)s1. The number of hydrogen-bond donors (Lipinski definition) is 1. The summed E-state index contributed by atoms with van der Waals surface area (Å²) in [6, 6.07) is 0. The Morgan fingerprint density at radius 3 is 2.62 bits per heavy atom. The van der Waals surface area contributed by atoms with E-state index in [2.05, 4.69) is 25.8 Å². The third-order valence-corrected chi connectivity index (χ3v) is 3.33. The minimum atomic E-state index is -0.909. The van der Waals surface area contributed by atoms with Gasteiger partial charge >= 0.3 is 5.97 Å². The molecule has 1 aromatic rings. The molecule has 0 fully saturated rings. The molecule has 0 aliphatic rings. The summed E-state index contributed by atoms with van der Waals surface area (Å²) in [6.45, 7) is 7.44. The van der Waals surface area contributed by atoms with E-state index in [4.69, 9.17) is 5.11 Å².